The van der Waals surface area contributed by atoms with Gasteiger partial charge in [-0.3, -0.25) is 24.0 Å². The Bertz CT molecular complexity index is 776. The van der Waals surface area contributed by atoms with E-state index < -0.39 is 17.9 Å². The van der Waals surface area contributed by atoms with Gasteiger partial charge in [0.15, 0.2) is 10.2 Å². The third-order valence-corrected chi connectivity index (χ3v) is 8.33. The number of carbonyl (C=O) groups excluding carboxylic acids is 4. The second kappa shape index (κ2) is 24.9. The maximum Gasteiger partial charge on any atom is 0.306 e. The van der Waals surface area contributed by atoms with Crippen molar-refractivity contribution in [3.05, 3.63) is 0 Å². The van der Waals surface area contributed by atoms with Gasteiger partial charge in [0.05, 0.1) is 5.92 Å². The van der Waals surface area contributed by atoms with Gasteiger partial charge < -0.3 is 15.0 Å². The number of Topliss-reactive ketones (excluding diaryl/α,β-unsaturated/α-hetero) is 2. The van der Waals surface area contributed by atoms with E-state index in [4.69, 9.17) is 10.2 Å². The van der Waals surface area contributed by atoms with Gasteiger partial charge in [-0.05, 0) is 51.2 Å². The summed E-state index contributed by atoms with van der Waals surface area (Å²) in [7, 11) is 0. The maximum absolute atomic E-state index is 11.2. The van der Waals surface area contributed by atoms with Crippen molar-refractivity contribution in [1.29, 1.82) is 0 Å². The summed E-state index contributed by atoms with van der Waals surface area (Å²) < 4.78 is 0. The highest BCUT2D eigenvalue weighted by Gasteiger charge is 2.30. The lowest BCUT2D eigenvalue weighted by Gasteiger charge is -2.12. The van der Waals surface area contributed by atoms with Crippen LogP contribution in [0.25, 0.3) is 0 Å². The minimum absolute atomic E-state index is 0. The number of alkyl halides is 1. The molecule has 0 aromatic rings. The number of thiol groups is 1. The van der Waals surface area contributed by atoms with Crippen molar-refractivity contribution < 1.29 is 39.0 Å². The molecule has 2 heterocycles. The van der Waals surface area contributed by atoms with Crippen LogP contribution in [0.15, 0.2) is 0 Å². The van der Waals surface area contributed by atoms with Gasteiger partial charge in [-0.2, -0.15) is 12.6 Å². The zero-order valence-electron chi connectivity index (χ0n) is 22.9. The van der Waals surface area contributed by atoms with E-state index in [9.17, 15) is 28.8 Å². The van der Waals surface area contributed by atoms with Crippen LogP contribution in [-0.2, 0) is 28.8 Å². The van der Waals surface area contributed by atoms with E-state index >= 15 is 0 Å². The quantitative estimate of drug-likeness (QED) is 0.163. The van der Waals surface area contributed by atoms with Gasteiger partial charge in [-0.25, -0.2) is 0 Å². The Hall–Kier alpha value is -0.850. The average molecular weight is 676 g/mol. The fourth-order valence-corrected chi connectivity index (χ4v) is 6.25. The van der Waals surface area contributed by atoms with Crippen molar-refractivity contribution in [3.63, 3.8) is 0 Å². The summed E-state index contributed by atoms with van der Waals surface area (Å²) in [5, 5.41) is 19.0. The first kappa shape index (κ1) is 42.6. The molecule has 2 aliphatic rings. The van der Waals surface area contributed by atoms with E-state index in [1.54, 1.807) is 20.8 Å². The number of thioether (sulfide) groups is 2. The second-order valence-corrected chi connectivity index (χ2v) is 13.7. The van der Waals surface area contributed by atoms with Crippen molar-refractivity contribution in [1.82, 2.24) is 0 Å². The highest BCUT2D eigenvalue weighted by molar-refractivity contribution is 9.09. The first-order valence-electron chi connectivity index (χ1n) is 12.6. The number of carbonyl (C=O) groups is 6. The molecule has 0 aromatic heterocycles. The molecule has 5 atom stereocenters. The lowest BCUT2D eigenvalue weighted by atomic mass is 9.98. The molecule has 2 aliphatic heterocycles. The van der Waals surface area contributed by atoms with Gasteiger partial charge in [-0.15, -0.1) is 0 Å². The highest BCUT2D eigenvalue weighted by Crippen LogP contribution is 2.35. The summed E-state index contributed by atoms with van der Waals surface area (Å²) in [4.78, 5) is 63.3. The van der Waals surface area contributed by atoms with Gasteiger partial charge in [0.1, 0.15) is 11.6 Å². The molecule has 8 nitrogen and oxygen atoms in total. The van der Waals surface area contributed by atoms with Crippen LogP contribution >= 0.6 is 52.1 Å². The number of ketones is 2. The maximum atomic E-state index is 11.2. The Kier molecular flexibility index (Phi) is 27.2. The van der Waals surface area contributed by atoms with E-state index in [-0.39, 0.29) is 48.1 Å². The normalized spacial score (nSPS) is 20.9. The Balaban J connectivity index is -0.000000459. The summed E-state index contributed by atoms with van der Waals surface area (Å²) in [6.45, 7) is 9.01. The topological polar surface area (TPSA) is 143 Å². The number of halogens is 1. The van der Waals surface area contributed by atoms with Gasteiger partial charge in [0.2, 0.25) is 0 Å². The predicted molar refractivity (Wildman–Crippen MR) is 168 cm³/mol. The number of carboxylic acid groups (broad SMARTS) is 2. The summed E-state index contributed by atoms with van der Waals surface area (Å²) in [6.07, 6.45) is 4.49. The fourth-order valence-electron chi connectivity index (χ4n) is 3.23. The number of rotatable bonds is 11. The molecule has 0 amide bonds. The molecule has 0 bridgehead atoms. The second-order valence-electron chi connectivity index (χ2n) is 9.47. The van der Waals surface area contributed by atoms with Crippen LogP contribution in [0.3, 0.4) is 0 Å². The van der Waals surface area contributed by atoms with Crippen LogP contribution < -0.4 is 0 Å². The van der Waals surface area contributed by atoms with Gasteiger partial charge >= 0.3 is 11.9 Å². The zero-order chi connectivity index (χ0) is 29.8. The van der Waals surface area contributed by atoms with E-state index in [0.717, 1.165) is 30.3 Å². The molecule has 2 N–H and O–H groups in total. The fraction of sp³-hybridized carbons (Fsp3) is 0.778. The van der Waals surface area contributed by atoms with Crippen LogP contribution in [0.4, 0.5) is 0 Å². The van der Waals surface area contributed by atoms with E-state index in [1.807, 2.05) is 6.92 Å². The van der Waals surface area contributed by atoms with Crippen LogP contribution in [0.1, 0.15) is 93.4 Å². The summed E-state index contributed by atoms with van der Waals surface area (Å²) >= 11 is 10.1. The number of hydrogen-bond donors (Lipinski definition) is 3. The minimum Gasteiger partial charge on any atom is -0.481 e. The van der Waals surface area contributed by atoms with Gasteiger partial charge in [0, 0.05) is 47.4 Å². The smallest absolute Gasteiger partial charge is 0.306 e. The first-order valence-corrected chi connectivity index (χ1v) is 16.1. The lowest BCUT2D eigenvalue weighted by Crippen LogP contribution is -2.18. The molecule has 12 heteroatoms. The summed E-state index contributed by atoms with van der Waals surface area (Å²) in [5.74, 6) is -0.540. The van der Waals surface area contributed by atoms with E-state index in [2.05, 4.69) is 35.5 Å². The molecule has 5 unspecified atom stereocenters. The molecule has 0 aromatic carbocycles. The Morgan fingerprint density at radius 3 is 1.85 bits per heavy atom. The third kappa shape index (κ3) is 25.8. The van der Waals surface area contributed by atoms with Crippen LogP contribution in [-0.4, -0.2) is 65.5 Å². The summed E-state index contributed by atoms with van der Waals surface area (Å²) in [6, 6.07) is 0. The van der Waals surface area contributed by atoms with Crippen LogP contribution in [0.5, 0.6) is 0 Å². The van der Waals surface area contributed by atoms with E-state index in [0.29, 0.717) is 35.5 Å². The Labute approximate surface area is 256 Å². The standard InChI is InChI=1S/C9H14O2S.C8H14O4S.C5H8OS.C4H7BrO.CH4/c1-6(10)3-4-8-5-7(2)12-9(8)11;1-5(13)4-6(8(11)12)2-3-7(9)10;1-4-2-3-7-5(4)6;1-4(6)2-3-5;/h7-8H,3-5H2,1-2H3;5-6,13H,2-4H2,1H3,(H,9,10)(H,11,12);4H,2-3H2,1H3;2-3H2,1H3;1H4. The Morgan fingerprint density at radius 1 is 1.03 bits per heavy atom. The molecule has 2 fully saturated rings. The van der Waals surface area contributed by atoms with Gasteiger partial charge in [-0.1, -0.05) is 67.7 Å². The number of hydrogen-bond acceptors (Lipinski definition) is 9. The first-order chi connectivity index (χ1) is 17.6. The molecule has 0 aliphatic carbocycles. The van der Waals surface area contributed by atoms with Crippen LogP contribution in [0.2, 0.25) is 0 Å². The van der Waals surface area contributed by atoms with Crippen LogP contribution in [0, 0.1) is 17.8 Å². The molecule has 0 spiro atoms. The molecular weight excluding hydrogens is 628 g/mol. The van der Waals surface area contributed by atoms with Crippen molar-refractivity contribution in [2.45, 2.75) is 104 Å². The largest absolute Gasteiger partial charge is 0.481 e. The summed E-state index contributed by atoms with van der Waals surface area (Å²) in [5.41, 5.74) is 0. The number of aliphatic carboxylic acids is 2. The average Bonchev–Trinajstić information content (AvgIpc) is 3.32. The third-order valence-electron chi connectivity index (χ3n) is 5.44. The van der Waals surface area contributed by atoms with E-state index in [1.165, 1.54) is 23.5 Å². The van der Waals surface area contributed by atoms with Crippen molar-refractivity contribution in [2.24, 2.45) is 17.8 Å². The SMILES string of the molecule is C.CC(=O)CCBr.CC(=O)CCC1CC(C)SC1=O.CC(S)CC(CCC(=O)O)C(=O)O.CC1CCSC1=O. The number of carboxylic acids is 2. The Morgan fingerprint density at radius 2 is 1.59 bits per heavy atom. The zero-order valence-corrected chi connectivity index (χ0v) is 27.1. The van der Waals surface area contributed by atoms with Crippen molar-refractivity contribution >= 4 is 85.8 Å². The molecule has 2 saturated heterocycles. The monoisotopic (exact) mass is 674 g/mol. The molecule has 0 saturated carbocycles. The molecular formula is C27H47BrO8S3. The molecule has 2 rings (SSSR count). The highest BCUT2D eigenvalue weighted by atomic mass is 79.9. The molecule has 0 radical (unpaired) electrons. The van der Waals surface area contributed by atoms with Crippen molar-refractivity contribution in [2.75, 3.05) is 11.1 Å². The lowest BCUT2D eigenvalue weighted by molar-refractivity contribution is -0.143. The van der Waals surface area contributed by atoms with Gasteiger partial charge in [0.25, 0.3) is 0 Å². The minimum atomic E-state index is -0.960. The predicted octanol–water partition coefficient (Wildman–Crippen LogP) is 6.57. The van der Waals surface area contributed by atoms with Crippen molar-refractivity contribution in [3.8, 4) is 0 Å². The molecule has 39 heavy (non-hydrogen) atoms. The molecule has 228 valence electrons.